The number of rotatable bonds is 2. The number of aromatic nitrogens is 4. The van der Waals surface area contributed by atoms with Gasteiger partial charge in [0.05, 0.1) is 22.4 Å². The Morgan fingerprint density at radius 2 is 2.00 bits per heavy atom. The van der Waals surface area contributed by atoms with E-state index in [4.69, 9.17) is 5.73 Å². The first-order valence-corrected chi connectivity index (χ1v) is 7.54. The zero-order valence-electron chi connectivity index (χ0n) is 11.3. The van der Waals surface area contributed by atoms with Crippen molar-refractivity contribution in [3.05, 3.63) is 40.1 Å². The highest BCUT2D eigenvalue weighted by Gasteiger charge is 2.28. The summed E-state index contributed by atoms with van der Waals surface area (Å²) in [5.74, 6) is 0. The van der Waals surface area contributed by atoms with E-state index in [1.165, 1.54) is 18.2 Å². The van der Waals surface area contributed by atoms with Gasteiger partial charge >= 0.3 is 5.69 Å². The van der Waals surface area contributed by atoms with Gasteiger partial charge in [-0.2, -0.15) is 9.07 Å². The van der Waals surface area contributed by atoms with Gasteiger partial charge in [-0.05, 0) is 32.0 Å². The van der Waals surface area contributed by atoms with E-state index in [1.807, 2.05) is 0 Å². The maximum Gasteiger partial charge on any atom is 0.340 e. The molecule has 2 heterocycles. The smallest absolute Gasteiger partial charge is 0.340 e. The molecule has 110 valence electrons. The highest BCUT2D eigenvalue weighted by atomic mass is 32.2. The quantitative estimate of drug-likeness (QED) is 0.594. The monoisotopic (exact) mass is 307 g/mol. The van der Waals surface area contributed by atoms with Crippen LogP contribution in [0.3, 0.4) is 0 Å². The molecule has 0 amide bonds. The van der Waals surface area contributed by atoms with Crippen LogP contribution in [-0.2, 0) is 10.0 Å². The van der Waals surface area contributed by atoms with E-state index < -0.39 is 15.7 Å². The third-order valence-corrected chi connectivity index (χ3v) is 5.19. The van der Waals surface area contributed by atoms with Crippen molar-refractivity contribution in [2.45, 2.75) is 18.7 Å². The Hall–Kier alpha value is -2.55. The normalized spacial score (nSPS) is 12.1. The highest BCUT2D eigenvalue weighted by molar-refractivity contribution is 7.90. The number of nitrogen functional groups attached to an aromatic ring is 1. The van der Waals surface area contributed by atoms with Crippen molar-refractivity contribution >= 4 is 26.7 Å². The molecular weight excluding hydrogens is 294 g/mol. The number of nitrogens with one attached hydrogen (secondary N) is 2. The topological polar surface area (TPSA) is 127 Å². The van der Waals surface area contributed by atoms with Crippen molar-refractivity contribution in [3.8, 4) is 0 Å². The standard InChI is InChI=1S/C12H13N5O3S/c1-6-11(7(2)16-15-6)21(19,20)17-10-4-3-8(13)5-9(10)14-12(17)18/h3-5H,13H2,1-2H3,(H,14,18)(H,15,16). The van der Waals surface area contributed by atoms with Gasteiger partial charge in [0.1, 0.15) is 4.90 Å². The molecule has 3 aromatic rings. The van der Waals surface area contributed by atoms with E-state index in [-0.39, 0.29) is 10.4 Å². The molecule has 0 aliphatic rings. The van der Waals surface area contributed by atoms with Crippen molar-refractivity contribution < 1.29 is 8.42 Å². The Bertz CT molecular complexity index is 990. The molecule has 0 unspecified atom stereocenters. The second-order valence-corrected chi connectivity index (χ2v) is 6.46. The first kappa shape index (κ1) is 13.4. The van der Waals surface area contributed by atoms with Gasteiger partial charge in [-0.1, -0.05) is 0 Å². The number of anilines is 1. The fraction of sp³-hybridized carbons (Fsp3) is 0.167. The van der Waals surface area contributed by atoms with Crippen molar-refractivity contribution in [2.24, 2.45) is 0 Å². The van der Waals surface area contributed by atoms with Crippen molar-refractivity contribution in [1.82, 2.24) is 19.2 Å². The average Bonchev–Trinajstić information content (AvgIpc) is 2.88. The fourth-order valence-electron chi connectivity index (χ4n) is 2.36. The minimum absolute atomic E-state index is 0.00215. The average molecular weight is 307 g/mol. The van der Waals surface area contributed by atoms with Crippen LogP contribution in [0.1, 0.15) is 11.4 Å². The van der Waals surface area contributed by atoms with Crippen LogP contribution in [0.2, 0.25) is 0 Å². The number of imidazole rings is 1. The van der Waals surface area contributed by atoms with E-state index >= 15 is 0 Å². The lowest BCUT2D eigenvalue weighted by Crippen LogP contribution is -2.25. The number of H-pyrrole nitrogens is 2. The van der Waals surface area contributed by atoms with Crippen LogP contribution in [0.15, 0.2) is 27.9 Å². The number of nitrogens with zero attached hydrogens (tertiary/aromatic N) is 2. The molecule has 0 saturated carbocycles. The number of aryl methyl sites for hydroxylation is 2. The Balaban J connectivity index is 2.40. The zero-order valence-corrected chi connectivity index (χ0v) is 12.2. The van der Waals surface area contributed by atoms with Gasteiger partial charge in [-0.25, -0.2) is 13.2 Å². The van der Waals surface area contributed by atoms with Crippen molar-refractivity contribution in [1.29, 1.82) is 0 Å². The predicted octanol–water partition coefficient (Wildman–Crippen LogP) is 0.489. The maximum absolute atomic E-state index is 12.8. The molecule has 0 bridgehead atoms. The Labute approximate surface area is 119 Å². The van der Waals surface area contributed by atoms with Gasteiger partial charge in [0.2, 0.25) is 0 Å². The molecule has 4 N–H and O–H groups in total. The van der Waals surface area contributed by atoms with E-state index in [2.05, 4.69) is 15.2 Å². The molecule has 0 radical (unpaired) electrons. The molecule has 9 heteroatoms. The highest BCUT2D eigenvalue weighted by Crippen LogP contribution is 2.23. The number of hydrogen-bond acceptors (Lipinski definition) is 5. The summed E-state index contributed by atoms with van der Waals surface area (Å²) in [6, 6.07) is 4.54. The minimum Gasteiger partial charge on any atom is -0.399 e. The molecule has 8 nitrogen and oxygen atoms in total. The molecule has 0 aliphatic carbocycles. The van der Waals surface area contributed by atoms with E-state index in [0.717, 1.165) is 3.97 Å². The summed E-state index contributed by atoms with van der Waals surface area (Å²) in [6.45, 7) is 3.15. The Morgan fingerprint density at radius 3 is 2.62 bits per heavy atom. The largest absolute Gasteiger partial charge is 0.399 e. The molecule has 3 rings (SSSR count). The maximum atomic E-state index is 12.8. The van der Waals surface area contributed by atoms with Crippen LogP contribution >= 0.6 is 0 Å². The van der Waals surface area contributed by atoms with Crippen molar-refractivity contribution in [3.63, 3.8) is 0 Å². The summed E-state index contributed by atoms with van der Waals surface area (Å²) < 4.78 is 26.3. The predicted molar refractivity (Wildman–Crippen MR) is 77.6 cm³/mol. The first-order chi connectivity index (χ1) is 9.82. The van der Waals surface area contributed by atoms with Crippen molar-refractivity contribution in [2.75, 3.05) is 5.73 Å². The molecule has 21 heavy (non-hydrogen) atoms. The second kappa shape index (κ2) is 4.22. The molecular formula is C12H13N5O3S. The Morgan fingerprint density at radius 1 is 1.29 bits per heavy atom. The van der Waals surface area contributed by atoms with Crippen LogP contribution in [-0.4, -0.2) is 27.6 Å². The number of benzene rings is 1. The fourth-order valence-corrected chi connectivity index (χ4v) is 4.07. The van der Waals surface area contributed by atoms with Gasteiger partial charge in [0.15, 0.2) is 0 Å². The second-order valence-electron chi connectivity index (χ2n) is 4.74. The van der Waals surface area contributed by atoms with Gasteiger partial charge in [-0.15, -0.1) is 0 Å². The van der Waals surface area contributed by atoms with Crippen LogP contribution in [0.4, 0.5) is 5.69 Å². The van der Waals surface area contributed by atoms with Gasteiger partial charge in [0.25, 0.3) is 10.0 Å². The van der Waals surface area contributed by atoms with Crippen LogP contribution < -0.4 is 11.4 Å². The summed E-state index contributed by atoms with van der Waals surface area (Å²) in [6.07, 6.45) is 0. The van der Waals surface area contributed by atoms with Gasteiger partial charge in [-0.3, -0.25) is 5.10 Å². The first-order valence-electron chi connectivity index (χ1n) is 6.10. The lowest BCUT2D eigenvalue weighted by atomic mass is 10.3. The SMILES string of the molecule is Cc1n[nH]c(C)c1S(=O)(=O)n1c(=O)[nH]c2cc(N)ccc21. The number of aromatic amines is 2. The summed E-state index contributed by atoms with van der Waals surface area (Å²) in [4.78, 5) is 14.6. The van der Waals surface area contributed by atoms with E-state index in [1.54, 1.807) is 13.8 Å². The Kier molecular flexibility index (Phi) is 2.70. The third kappa shape index (κ3) is 1.85. The van der Waals surface area contributed by atoms with Crippen LogP contribution in [0.25, 0.3) is 11.0 Å². The molecule has 0 aliphatic heterocycles. The van der Waals surface area contributed by atoms with E-state index in [0.29, 0.717) is 22.6 Å². The summed E-state index contributed by atoms with van der Waals surface area (Å²) in [7, 11) is -4.05. The number of fused-ring (bicyclic) bond motifs is 1. The molecule has 2 aromatic heterocycles. The van der Waals surface area contributed by atoms with Crippen LogP contribution in [0.5, 0.6) is 0 Å². The number of hydrogen-bond donors (Lipinski definition) is 3. The van der Waals surface area contributed by atoms with Gasteiger partial charge in [0, 0.05) is 5.69 Å². The van der Waals surface area contributed by atoms with Gasteiger partial charge < -0.3 is 10.7 Å². The summed E-state index contributed by atoms with van der Waals surface area (Å²) in [5.41, 5.74) is 6.63. The molecule has 0 atom stereocenters. The summed E-state index contributed by atoms with van der Waals surface area (Å²) >= 11 is 0. The lowest BCUT2D eigenvalue weighted by Gasteiger charge is -2.06. The molecule has 1 aromatic carbocycles. The molecule has 0 saturated heterocycles. The minimum atomic E-state index is -4.05. The summed E-state index contributed by atoms with van der Waals surface area (Å²) in [5, 5.41) is 6.47. The van der Waals surface area contributed by atoms with Crippen LogP contribution in [0, 0.1) is 13.8 Å². The number of nitrogens with two attached hydrogens (primary N) is 1. The van der Waals surface area contributed by atoms with E-state index in [9.17, 15) is 13.2 Å². The lowest BCUT2D eigenvalue weighted by molar-refractivity contribution is 0.586. The molecule has 0 fully saturated rings. The molecule has 0 spiro atoms. The third-order valence-electron chi connectivity index (χ3n) is 3.22. The zero-order chi connectivity index (χ0) is 15.4.